The summed E-state index contributed by atoms with van der Waals surface area (Å²) in [5, 5.41) is 7.41. The van der Waals surface area contributed by atoms with Crippen LogP contribution in [0.2, 0.25) is 0 Å². The van der Waals surface area contributed by atoms with Crippen LogP contribution in [0.4, 0.5) is 0 Å². The lowest BCUT2D eigenvalue weighted by Crippen LogP contribution is -2.28. The molecule has 43 heavy (non-hydrogen) atoms. The first kappa shape index (κ1) is 27.6. The highest BCUT2D eigenvalue weighted by molar-refractivity contribution is 6.12. The van der Waals surface area contributed by atoms with Crippen molar-refractivity contribution in [1.29, 1.82) is 5.41 Å². The molecule has 3 heteroatoms. The average molecular weight is 556 g/mol. The van der Waals surface area contributed by atoms with Gasteiger partial charge in [-0.15, -0.1) is 0 Å². The zero-order chi connectivity index (χ0) is 29.6. The summed E-state index contributed by atoms with van der Waals surface area (Å²) < 4.78 is 0. The molecule has 0 bridgehead atoms. The van der Waals surface area contributed by atoms with E-state index in [1.54, 1.807) is 12.2 Å². The molecule has 0 unspecified atom stereocenters. The Morgan fingerprint density at radius 3 is 1.79 bits per heavy atom. The van der Waals surface area contributed by atoms with E-state index in [1.165, 1.54) is 39.6 Å². The molecule has 6 rings (SSSR count). The first-order valence-corrected chi connectivity index (χ1v) is 14.4. The summed E-state index contributed by atoms with van der Waals surface area (Å²) >= 11 is 0. The van der Waals surface area contributed by atoms with Gasteiger partial charge in [-0.05, 0) is 62.2 Å². The van der Waals surface area contributed by atoms with Crippen LogP contribution in [0.5, 0.6) is 0 Å². The van der Waals surface area contributed by atoms with Gasteiger partial charge in [0.1, 0.15) is 0 Å². The summed E-state index contributed by atoms with van der Waals surface area (Å²) in [6.45, 7) is 4.26. The monoisotopic (exact) mass is 555 g/mol. The van der Waals surface area contributed by atoms with Gasteiger partial charge in [-0.3, -0.25) is 4.99 Å². The lowest BCUT2D eigenvalue weighted by atomic mass is 9.67. The zero-order valence-electron chi connectivity index (χ0n) is 23.9. The van der Waals surface area contributed by atoms with Crippen LogP contribution in [0.1, 0.15) is 33.4 Å². The Morgan fingerprint density at radius 2 is 1.21 bits per heavy atom. The Labute approximate surface area is 253 Å². The Bertz CT molecular complexity index is 1820. The molecule has 0 aromatic heterocycles. The lowest BCUT2D eigenvalue weighted by Gasteiger charge is -2.34. The number of hydrogen-bond acceptors (Lipinski definition) is 3. The van der Waals surface area contributed by atoms with Gasteiger partial charge >= 0.3 is 0 Å². The van der Waals surface area contributed by atoms with Gasteiger partial charge in [-0.2, -0.15) is 0 Å². The normalized spacial score (nSPS) is 14.1. The second-order valence-electron chi connectivity index (χ2n) is 10.6. The number of benzene rings is 5. The second-order valence-corrected chi connectivity index (χ2v) is 10.6. The molecule has 3 nitrogen and oxygen atoms in total. The molecular weight excluding hydrogens is 522 g/mol. The first-order valence-electron chi connectivity index (χ1n) is 14.4. The predicted octanol–water partition coefficient (Wildman–Crippen LogP) is 8.60. The molecule has 0 amide bonds. The van der Waals surface area contributed by atoms with Crippen molar-refractivity contribution in [2.45, 2.75) is 5.41 Å². The molecule has 0 aliphatic heterocycles. The highest BCUT2D eigenvalue weighted by atomic mass is 14.7. The van der Waals surface area contributed by atoms with Crippen LogP contribution in [0.25, 0.3) is 16.8 Å². The third-order valence-corrected chi connectivity index (χ3v) is 8.16. The number of fused-ring (bicyclic) bond motifs is 3. The van der Waals surface area contributed by atoms with Gasteiger partial charge in [0.2, 0.25) is 0 Å². The molecule has 5 aromatic carbocycles. The molecule has 0 saturated carbocycles. The number of nitrogens with one attached hydrogen (secondary N) is 1. The summed E-state index contributed by atoms with van der Waals surface area (Å²) in [6.07, 6.45) is 6.62. The fourth-order valence-corrected chi connectivity index (χ4v) is 6.15. The van der Waals surface area contributed by atoms with Crippen molar-refractivity contribution < 1.29 is 0 Å². The van der Waals surface area contributed by atoms with Crippen LogP contribution in [0, 0.1) is 5.41 Å². The summed E-state index contributed by atoms with van der Waals surface area (Å²) in [4.78, 5) is 4.85. The number of hydrogen-bond donors (Lipinski definition) is 2. The largest absolute Gasteiger partial charge is 0.398 e. The van der Waals surface area contributed by atoms with E-state index in [-0.39, 0.29) is 0 Å². The predicted molar refractivity (Wildman–Crippen MR) is 181 cm³/mol. The van der Waals surface area contributed by atoms with Crippen LogP contribution >= 0.6 is 0 Å². The molecule has 0 heterocycles. The van der Waals surface area contributed by atoms with E-state index in [4.69, 9.17) is 16.1 Å². The number of allylic oxidation sites excluding steroid dienone is 2. The van der Waals surface area contributed by atoms with E-state index in [0.29, 0.717) is 12.2 Å². The van der Waals surface area contributed by atoms with Crippen molar-refractivity contribution in [3.8, 4) is 11.1 Å². The van der Waals surface area contributed by atoms with Crippen molar-refractivity contribution in [2.24, 2.45) is 10.7 Å². The van der Waals surface area contributed by atoms with Gasteiger partial charge in [-0.25, -0.2) is 0 Å². The van der Waals surface area contributed by atoms with Gasteiger partial charge in [-0.1, -0.05) is 146 Å². The maximum Gasteiger partial charge on any atom is 0.0713 e. The molecule has 5 aromatic rings. The number of nitrogens with two attached hydrogens (primary N) is 1. The second kappa shape index (κ2) is 12.1. The quantitative estimate of drug-likeness (QED) is 0.136. The Hall–Kier alpha value is -5.54. The van der Waals surface area contributed by atoms with Crippen molar-refractivity contribution in [3.63, 3.8) is 0 Å². The fourth-order valence-electron chi connectivity index (χ4n) is 6.15. The van der Waals surface area contributed by atoms with Gasteiger partial charge < -0.3 is 11.1 Å². The molecule has 0 saturated heterocycles. The van der Waals surface area contributed by atoms with Gasteiger partial charge in [0.15, 0.2) is 0 Å². The summed E-state index contributed by atoms with van der Waals surface area (Å²) in [6, 6.07) is 46.9. The Morgan fingerprint density at radius 1 is 0.674 bits per heavy atom. The third-order valence-electron chi connectivity index (χ3n) is 8.16. The van der Waals surface area contributed by atoms with Crippen LogP contribution in [-0.2, 0) is 5.41 Å². The molecule has 1 aliphatic rings. The van der Waals surface area contributed by atoms with Crippen molar-refractivity contribution in [1.82, 2.24) is 0 Å². The molecule has 0 atom stereocenters. The van der Waals surface area contributed by atoms with Crippen LogP contribution in [-0.4, -0.2) is 18.5 Å². The number of nitrogens with zero attached hydrogens (tertiary/aromatic N) is 1. The smallest absolute Gasteiger partial charge is 0.0713 e. The highest BCUT2D eigenvalue weighted by Gasteiger charge is 2.45. The number of aliphatic imine (C=N–C) groups is 1. The number of rotatable bonds is 9. The molecule has 0 spiro atoms. The van der Waals surface area contributed by atoms with Crippen LogP contribution < -0.4 is 5.73 Å². The molecule has 208 valence electrons. The van der Waals surface area contributed by atoms with Gasteiger partial charge in [0, 0.05) is 11.9 Å². The van der Waals surface area contributed by atoms with Crippen LogP contribution in [0.3, 0.4) is 0 Å². The topological polar surface area (TPSA) is 62.2 Å². The minimum absolute atomic E-state index is 0.407. The van der Waals surface area contributed by atoms with Crippen molar-refractivity contribution >= 4 is 17.6 Å². The first-order chi connectivity index (χ1) is 21.2. The van der Waals surface area contributed by atoms with Gasteiger partial charge in [0.25, 0.3) is 0 Å². The molecule has 3 N–H and O–H groups in total. The summed E-state index contributed by atoms with van der Waals surface area (Å²) in [5.74, 6) is 0. The van der Waals surface area contributed by atoms with Crippen molar-refractivity contribution in [2.75, 3.05) is 6.54 Å². The molecule has 0 fully saturated rings. The molecule has 1 aliphatic carbocycles. The van der Waals surface area contributed by atoms with E-state index < -0.39 is 5.41 Å². The van der Waals surface area contributed by atoms with E-state index in [9.17, 15) is 0 Å². The van der Waals surface area contributed by atoms with Crippen molar-refractivity contribution in [3.05, 3.63) is 197 Å². The van der Waals surface area contributed by atoms with E-state index in [1.807, 2.05) is 36.4 Å². The Kier molecular flexibility index (Phi) is 7.80. The van der Waals surface area contributed by atoms with Crippen LogP contribution in [0.15, 0.2) is 169 Å². The average Bonchev–Trinajstić information content (AvgIpc) is 3.38. The zero-order valence-corrected chi connectivity index (χ0v) is 23.9. The maximum atomic E-state index is 7.41. The van der Waals surface area contributed by atoms with E-state index >= 15 is 0 Å². The standard InChI is InChI=1S/C40H33N3/c1-2-29(25-26-41)28-43-39(31-13-5-3-6-14-31)27-38(42)30-21-23-33(24-22-30)40(32-15-7-4-8-16-32)36-19-11-9-17-34(36)35-18-10-12-20-37(35)40/h2-27,41H,1,28,42H2/b29-25+,38-27-,41-26?,43-39?. The highest BCUT2D eigenvalue weighted by Crippen LogP contribution is 2.55. The van der Waals surface area contributed by atoms with Gasteiger partial charge in [0.05, 0.1) is 17.7 Å². The third kappa shape index (κ3) is 5.06. The summed E-state index contributed by atoms with van der Waals surface area (Å²) in [7, 11) is 0. The maximum absolute atomic E-state index is 7.41. The molecular formula is C40H33N3. The van der Waals surface area contributed by atoms with E-state index in [2.05, 4.69) is 110 Å². The summed E-state index contributed by atoms with van der Waals surface area (Å²) in [5.41, 5.74) is 18.0. The minimum Gasteiger partial charge on any atom is -0.398 e. The Balaban J connectivity index is 1.45. The fraction of sp³-hybridized carbons (Fsp3) is 0.0500. The SMILES string of the molecule is C=C/C(=C\C=N)CN=C(/C=C(\N)c1ccc(C2(c3ccccc3)c3ccccc3-c3ccccc32)cc1)c1ccccc1. The minimum atomic E-state index is -0.440. The molecule has 0 radical (unpaired) electrons. The van der Waals surface area contributed by atoms with E-state index in [0.717, 1.165) is 22.4 Å². The lowest BCUT2D eigenvalue weighted by molar-refractivity contribution is 0.768.